The largest absolute Gasteiger partial charge is 0.502 e. The zero-order valence-electron chi connectivity index (χ0n) is 12.5. The van der Waals surface area contributed by atoms with Crippen molar-refractivity contribution >= 4 is 22.9 Å². The number of rotatable bonds is 3. The van der Waals surface area contributed by atoms with E-state index in [1.807, 2.05) is 0 Å². The molecule has 0 fully saturated rings. The maximum absolute atomic E-state index is 11.2. The van der Waals surface area contributed by atoms with Gasteiger partial charge in [-0.3, -0.25) is 10.1 Å². The maximum atomic E-state index is 11.2. The molecule has 1 aromatic carbocycles. The summed E-state index contributed by atoms with van der Waals surface area (Å²) in [5, 5.41) is 33.7. The van der Waals surface area contributed by atoms with Gasteiger partial charge in [0, 0.05) is 17.4 Å². The Morgan fingerprint density at radius 3 is 2.83 bits per heavy atom. The van der Waals surface area contributed by atoms with Crippen LogP contribution in [0, 0.1) is 10.1 Å². The molecule has 0 aliphatic heterocycles. The summed E-state index contributed by atoms with van der Waals surface area (Å²) in [6, 6.07) is 1.28. The van der Waals surface area contributed by atoms with Crippen LogP contribution in [0.15, 0.2) is 28.2 Å². The molecular formula is C15H13N5O4. The molecule has 24 heavy (non-hydrogen) atoms. The monoisotopic (exact) mass is 327 g/mol. The summed E-state index contributed by atoms with van der Waals surface area (Å²) in [7, 11) is 0. The fourth-order valence-electron chi connectivity index (χ4n) is 3.08. The number of hydrogen-bond acceptors (Lipinski definition) is 7. The Bertz CT molecular complexity index is 958. The second kappa shape index (κ2) is 5.44. The van der Waals surface area contributed by atoms with Crippen LogP contribution < -0.4 is 0 Å². The molecule has 4 rings (SSSR count). The summed E-state index contributed by atoms with van der Waals surface area (Å²) in [6.45, 7) is 0. The lowest BCUT2D eigenvalue weighted by Crippen LogP contribution is -2.00. The van der Waals surface area contributed by atoms with E-state index >= 15 is 0 Å². The molecule has 0 saturated heterocycles. The fourth-order valence-corrected chi connectivity index (χ4v) is 3.08. The summed E-state index contributed by atoms with van der Waals surface area (Å²) in [5.74, 6) is 0.411. The summed E-state index contributed by atoms with van der Waals surface area (Å²) in [4.78, 5) is 10.6. The number of benzene rings is 1. The number of hydrogen-bond donors (Lipinski definition) is 1. The third kappa shape index (κ3) is 2.21. The second-order valence-electron chi connectivity index (χ2n) is 5.59. The molecule has 0 bridgehead atoms. The smallest absolute Gasteiger partial charge is 0.315 e. The van der Waals surface area contributed by atoms with Crippen LogP contribution in [0.4, 0.5) is 5.69 Å². The van der Waals surface area contributed by atoms with Crippen LogP contribution >= 0.6 is 0 Å². The number of aromatic hydroxyl groups is 1. The number of aryl methyl sites for hydroxylation is 2. The average molecular weight is 327 g/mol. The SMILES string of the molecule is O=[N+]([O-])c1cc2oc3c(c2c(/C=N/n2cnnc2)c1O)CCCC3. The van der Waals surface area contributed by atoms with Gasteiger partial charge in [-0.05, 0) is 19.3 Å². The molecule has 1 aliphatic rings. The normalized spacial score (nSPS) is 14.3. The van der Waals surface area contributed by atoms with Crippen LogP contribution in [0.2, 0.25) is 0 Å². The standard InChI is InChI=1S/C15H13N5O4/c21-15-10(6-18-19-7-16-17-8-19)14-9-3-1-2-4-12(9)24-13(14)5-11(15)20(22)23/h5-8,21H,1-4H2/b18-6+. The average Bonchev–Trinajstić information content (AvgIpc) is 3.20. The van der Waals surface area contributed by atoms with E-state index in [-0.39, 0.29) is 5.56 Å². The predicted molar refractivity (Wildman–Crippen MR) is 84.2 cm³/mol. The summed E-state index contributed by atoms with van der Waals surface area (Å²) in [6.07, 6.45) is 7.78. The van der Waals surface area contributed by atoms with Gasteiger partial charge in [0.2, 0.25) is 5.75 Å². The van der Waals surface area contributed by atoms with Crippen molar-refractivity contribution < 1.29 is 14.4 Å². The van der Waals surface area contributed by atoms with Crippen molar-refractivity contribution in [3.8, 4) is 5.75 Å². The predicted octanol–water partition coefficient (Wildman–Crippen LogP) is 2.40. The number of aromatic nitrogens is 3. The highest BCUT2D eigenvalue weighted by Crippen LogP contribution is 2.41. The lowest BCUT2D eigenvalue weighted by molar-refractivity contribution is -0.385. The quantitative estimate of drug-likeness (QED) is 0.448. The Labute approximate surface area is 135 Å². The number of fused-ring (bicyclic) bond motifs is 3. The van der Waals surface area contributed by atoms with Crippen molar-refractivity contribution in [2.75, 3.05) is 0 Å². The van der Waals surface area contributed by atoms with Crippen molar-refractivity contribution in [3.05, 3.63) is 45.7 Å². The zero-order chi connectivity index (χ0) is 16.7. The second-order valence-corrected chi connectivity index (χ2v) is 5.59. The minimum Gasteiger partial charge on any atom is -0.502 e. The third-order valence-electron chi connectivity index (χ3n) is 4.16. The summed E-state index contributed by atoms with van der Waals surface area (Å²) < 4.78 is 7.15. The lowest BCUT2D eigenvalue weighted by atomic mass is 9.93. The van der Waals surface area contributed by atoms with Gasteiger partial charge in [0.25, 0.3) is 0 Å². The third-order valence-corrected chi connectivity index (χ3v) is 4.16. The van der Waals surface area contributed by atoms with Crippen molar-refractivity contribution in [3.63, 3.8) is 0 Å². The fraction of sp³-hybridized carbons (Fsp3) is 0.267. The van der Waals surface area contributed by atoms with Gasteiger partial charge >= 0.3 is 5.69 Å². The van der Waals surface area contributed by atoms with E-state index in [2.05, 4.69) is 15.3 Å². The Hall–Kier alpha value is -3.23. The minimum absolute atomic E-state index is 0.278. The van der Waals surface area contributed by atoms with E-state index < -0.39 is 16.4 Å². The molecule has 2 aromatic heterocycles. The van der Waals surface area contributed by atoms with Crippen LogP contribution in [-0.2, 0) is 12.8 Å². The van der Waals surface area contributed by atoms with Gasteiger partial charge in [-0.2, -0.15) is 5.10 Å². The topological polar surface area (TPSA) is 120 Å². The summed E-state index contributed by atoms with van der Waals surface area (Å²) in [5.41, 5.74) is 1.27. The van der Waals surface area contributed by atoms with Crippen LogP contribution in [0.5, 0.6) is 5.75 Å². The number of furan rings is 1. The molecule has 1 aliphatic carbocycles. The molecular weight excluding hydrogens is 314 g/mol. The Morgan fingerprint density at radius 2 is 2.08 bits per heavy atom. The van der Waals surface area contributed by atoms with Crippen LogP contribution in [-0.4, -0.2) is 31.1 Å². The van der Waals surface area contributed by atoms with Gasteiger partial charge in [0.15, 0.2) is 0 Å². The summed E-state index contributed by atoms with van der Waals surface area (Å²) >= 11 is 0. The van der Waals surface area contributed by atoms with E-state index in [0.29, 0.717) is 11.0 Å². The highest BCUT2D eigenvalue weighted by Gasteiger charge is 2.27. The van der Waals surface area contributed by atoms with Gasteiger partial charge in [-0.1, -0.05) is 0 Å². The van der Waals surface area contributed by atoms with Crippen molar-refractivity contribution in [2.24, 2.45) is 5.10 Å². The first-order valence-corrected chi connectivity index (χ1v) is 7.48. The van der Waals surface area contributed by atoms with Crippen molar-refractivity contribution in [1.29, 1.82) is 0 Å². The first-order chi connectivity index (χ1) is 11.6. The number of nitro benzene ring substituents is 1. The molecule has 0 spiro atoms. The van der Waals surface area contributed by atoms with Gasteiger partial charge < -0.3 is 9.52 Å². The molecule has 9 heteroatoms. The Kier molecular flexibility index (Phi) is 3.26. The molecule has 0 atom stereocenters. The van der Waals surface area contributed by atoms with Gasteiger partial charge in [-0.15, -0.1) is 10.2 Å². The van der Waals surface area contributed by atoms with Crippen molar-refractivity contribution in [1.82, 2.24) is 14.9 Å². The molecule has 2 heterocycles. The Balaban J connectivity index is 1.98. The molecule has 0 radical (unpaired) electrons. The van der Waals surface area contributed by atoms with E-state index in [1.165, 1.54) is 29.6 Å². The number of phenols is 1. The number of nitro groups is 1. The highest BCUT2D eigenvalue weighted by atomic mass is 16.6. The van der Waals surface area contributed by atoms with Crippen molar-refractivity contribution in [2.45, 2.75) is 25.7 Å². The molecule has 122 valence electrons. The zero-order valence-corrected chi connectivity index (χ0v) is 12.5. The molecule has 0 unspecified atom stereocenters. The number of nitrogens with zero attached hydrogens (tertiary/aromatic N) is 5. The molecule has 1 N–H and O–H groups in total. The Morgan fingerprint density at radius 1 is 1.33 bits per heavy atom. The van der Waals surface area contributed by atoms with Crippen LogP contribution in [0.3, 0.4) is 0 Å². The van der Waals surface area contributed by atoms with E-state index in [0.717, 1.165) is 37.0 Å². The molecule has 0 amide bonds. The van der Waals surface area contributed by atoms with Crippen LogP contribution in [0.25, 0.3) is 11.0 Å². The highest BCUT2D eigenvalue weighted by molar-refractivity contribution is 6.05. The van der Waals surface area contributed by atoms with Crippen LogP contribution in [0.1, 0.15) is 29.7 Å². The maximum Gasteiger partial charge on any atom is 0.315 e. The molecule has 3 aromatic rings. The van der Waals surface area contributed by atoms with E-state index in [9.17, 15) is 15.2 Å². The molecule has 0 saturated carbocycles. The number of phenolic OH excluding ortho intramolecular Hbond substituents is 1. The first kappa shape index (κ1) is 14.4. The van der Waals surface area contributed by atoms with Gasteiger partial charge in [0.05, 0.1) is 22.8 Å². The minimum atomic E-state index is -0.633. The van der Waals surface area contributed by atoms with E-state index in [1.54, 1.807) is 0 Å². The van der Waals surface area contributed by atoms with Gasteiger partial charge in [0.1, 0.15) is 24.0 Å². The first-order valence-electron chi connectivity index (χ1n) is 7.48. The lowest BCUT2D eigenvalue weighted by Gasteiger charge is -2.09. The molecule has 9 nitrogen and oxygen atoms in total. The van der Waals surface area contributed by atoms with Gasteiger partial charge in [-0.25, -0.2) is 4.68 Å². The van der Waals surface area contributed by atoms with E-state index in [4.69, 9.17) is 4.42 Å².